The normalized spacial score (nSPS) is 34.6. The first kappa shape index (κ1) is 19.6. The van der Waals surface area contributed by atoms with E-state index in [4.69, 9.17) is 18.9 Å². The summed E-state index contributed by atoms with van der Waals surface area (Å²) in [6, 6.07) is 0. The summed E-state index contributed by atoms with van der Waals surface area (Å²) in [6.45, 7) is 4.75. The molecule has 25 heavy (non-hydrogen) atoms. The van der Waals surface area contributed by atoms with Gasteiger partial charge >= 0.3 is 0 Å². The topological polar surface area (TPSA) is 36.9 Å². The van der Waals surface area contributed by atoms with Crippen molar-refractivity contribution >= 4 is 47.0 Å². The lowest BCUT2D eigenvalue weighted by atomic mass is 10.1. The molecule has 4 fully saturated rings. The van der Waals surface area contributed by atoms with Crippen molar-refractivity contribution < 1.29 is 18.9 Å². The summed E-state index contributed by atoms with van der Waals surface area (Å²) >= 11 is 7.91. The Morgan fingerprint density at radius 3 is 1.32 bits per heavy atom. The molecule has 0 N–H and O–H groups in total. The lowest BCUT2D eigenvalue weighted by Crippen LogP contribution is -2.41. The number of thioether (sulfide) groups is 4. The molecular weight excluding hydrogens is 396 g/mol. The predicted octanol–water partition coefficient (Wildman–Crippen LogP) is 2.99. The van der Waals surface area contributed by atoms with E-state index < -0.39 is 5.79 Å². The van der Waals surface area contributed by atoms with Crippen LogP contribution in [0.2, 0.25) is 0 Å². The molecule has 4 aliphatic rings. The lowest BCUT2D eigenvalue weighted by molar-refractivity contribution is -0.251. The van der Waals surface area contributed by atoms with Gasteiger partial charge in [0.25, 0.3) is 0 Å². The smallest absolute Gasteiger partial charge is 0.172 e. The third-order valence-corrected chi connectivity index (χ3v) is 8.30. The molecule has 0 aromatic carbocycles. The van der Waals surface area contributed by atoms with Crippen LogP contribution in [0.3, 0.4) is 0 Å². The molecule has 4 atom stereocenters. The monoisotopic (exact) mass is 424 g/mol. The van der Waals surface area contributed by atoms with Crippen molar-refractivity contribution in [2.75, 3.05) is 62.7 Å². The van der Waals surface area contributed by atoms with Crippen molar-refractivity contribution in [1.29, 1.82) is 0 Å². The van der Waals surface area contributed by atoms with Crippen molar-refractivity contribution in [2.24, 2.45) is 0 Å². The highest BCUT2D eigenvalue weighted by molar-refractivity contribution is 8.07. The van der Waals surface area contributed by atoms with E-state index in [-0.39, 0.29) is 0 Å². The van der Waals surface area contributed by atoms with Gasteiger partial charge in [0.2, 0.25) is 0 Å². The Bertz CT molecular complexity index is 373. The molecule has 0 radical (unpaired) electrons. The zero-order chi connectivity index (χ0) is 17.0. The minimum atomic E-state index is -0.528. The summed E-state index contributed by atoms with van der Waals surface area (Å²) in [5, 5.41) is 2.76. The maximum Gasteiger partial charge on any atom is 0.172 e. The fourth-order valence-corrected chi connectivity index (χ4v) is 4.13. The van der Waals surface area contributed by atoms with Crippen LogP contribution in [0.1, 0.15) is 12.8 Å². The molecule has 4 saturated heterocycles. The average Bonchev–Trinajstić information content (AvgIpc) is 3.49. The summed E-state index contributed by atoms with van der Waals surface area (Å²) in [6.07, 6.45) is 1.61. The van der Waals surface area contributed by atoms with E-state index in [2.05, 4.69) is 0 Å². The molecule has 0 aromatic heterocycles. The van der Waals surface area contributed by atoms with Gasteiger partial charge in [-0.05, 0) is 0 Å². The second-order valence-corrected chi connectivity index (χ2v) is 12.3. The van der Waals surface area contributed by atoms with Crippen LogP contribution >= 0.6 is 47.0 Å². The Kier molecular flexibility index (Phi) is 7.53. The first-order valence-electron chi connectivity index (χ1n) is 9.21. The van der Waals surface area contributed by atoms with Crippen molar-refractivity contribution in [1.82, 2.24) is 0 Å². The largest absolute Gasteiger partial charge is 0.380 e. The van der Waals surface area contributed by atoms with E-state index in [1.807, 2.05) is 47.0 Å². The first-order valence-corrected chi connectivity index (χ1v) is 13.4. The number of ether oxygens (including phenoxy) is 4. The van der Waals surface area contributed by atoms with Gasteiger partial charge in [0.05, 0.1) is 39.6 Å². The molecule has 4 unspecified atom stereocenters. The molecule has 0 amide bonds. The van der Waals surface area contributed by atoms with E-state index in [0.717, 1.165) is 49.8 Å². The van der Waals surface area contributed by atoms with Crippen LogP contribution in [-0.4, -0.2) is 89.4 Å². The first-order chi connectivity index (χ1) is 12.3. The van der Waals surface area contributed by atoms with Crippen LogP contribution in [0.15, 0.2) is 0 Å². The van der Waals surface area contributed by atoms with Crippen LogP contribution < -0.4 is 0 Å². The zero-order valence-corrected chi connectivity index (χ0v) is 17.8. The lowest BCUT2D eigenvalue weighted by Gasteiger charge is -2.34. The van der Waals surface area contributed by atoms with Gasteiger partial charge < -0.3 is 18.9 Å². The summed E-state index contributed by atoms with van der Waals surface area (Å²) in [7, 11) is 0. The highest BCUT2D eigenvalue weighted by Gasteiger charge is 2.37. The Morgan fingerprint density at radius 1 is 0.600 bits per heavy atom. The third kappa shape index (κ3) is 8.02. The van der Waals surface area contributed by atoms with Crippen LogP contribution in [0.5, 0.6) is 0 Å². The number of rotatable bonds is 16. The summed E-state index contributed by atoms with van der Waals surface area (Å²) in [5.41, 5.74) is 0. The van der Waals surface area contributed by atoms with Gasteiger partial charge in [-0.15, -0.1) is 0 Å². The maximum absolute atomic E-state index is 6.35. The summed E-state index contributed by atoms with van der Waals surface area (Å²) in [4.78, 5) is 0. The Hall–Kier alpha value is 1.24. The Morgan fingerprint density at radius 2 is 0.960 bits per heavy atom. The minimum Gasteiger partial charge on any atom is -0.380 e. The fourth-order valence-electron chi connectivity index (χ4n) is 2.49. The van der Waals surface area contributed by atoms with Gasteiger partial charge in [0.15, 0.2) is 5.79 Å². The van der Waals surface area contributed by atoms with Crippen LogP contribution in [0.4, 0.5) is 0 Å². The van der Waals surface area contributed by atoms with E-state index >= 15 is 0 Å². The Balaban J connectivity index is 1.25. The molecule has 0 saturated carbocycles. The van der Waals surface area contributed by atoms with Gasteiger partial charge in [0, 0.05) is 56.9 Å². The van der Waals surface area contributed by atoms with E-state index in [1.54, 1.807) is 0 Å². The minimum absolute atomic E-state index is 0.528. The molecule has 0 spiro atoms. The second kappa shape index (κ2) is 9.63. The van der Waals surface area contributed by atoms with E-state index in [9.17, 15) is 0 Å². The average molecular weight is 425 g/mol. The van der Waals surface area contributed by atoms with Gasteiger partial charge in [-0.25, -0.2) is 0 Å². The molecular formula is C17H28O4S4. The molecule has 0 bridgehead atoms. The summed E-state index contributed by atoms with van der Waals surface area (Å²) in [5.74, 6) is 4.42. The van der Waals surface area contributed by atoms with Gasteiger partial charge in [0.1, 0.15) is 0 Å². The quantitative estimate of drug-likeness (QED) is 0.213. The SMILES string of the molecule is C(CC(CCOCC1CS1)(OCC1CS1)OCC1CS1)OCC1CS1. The van der Waals surface area contributed by atoms with Gasteiger partial charge in [-0.2, -0.15) is 47.0 Å². The van der Waals surface area contributed by atoms with Crippen LogP contribution in [0, 0.1) is 0 Å². The second-order valence-electron chi connectivity index (χ2n) is 7.00. The summed E-state index contributed by atoms with van der Waals surface area (Å²) < 4.78 is 24.5. The van der Waals surface area contributed by atoms with E-state index in [0.29, 0.717) is 23.7 Å². The third-order valence-electron chi connectivity index (χ3n) is 4.54. The molecule has 4 rings (SSSR count). The molecule has 4 aliphatic heterocycles. The molecule has 4 heterocycles. The van der Waals surface area contributed by atoms with Crippen molar-refractivity contribution in [3.63, 3.8) is 0 Å². The Labute approximate surface area is 168 Å². The highest BCUT2D eigenvalue weighted by Crippen LogP contribution is 2.36. The number of hydrogen-bond donors (Lipinski definition) is 0. The van der Waals surface area contributed by atoms with Crippen LogP contribution in [0.25, 0.3) is 0 Å². The highest BCUT2D eigenvalue weighted by atomic mass is 32.2. The van der Waals surface area contributed by atoms with Gasteiger partial charge in [-0.3, -0.25) is 0 Å². The van der Waals surface area contributed by atoms with Crippen LogP contribution in [-0.2, 0) is 18.9 Å². The maximum atomic E-state index is 6.35. The van der Waals surface area contributed by atoms with Crippen molar-refractivity contribution in [3.8, 4) is 0 Å². The van der Waals surface area contributed by atoms with E-state index in [1.165, 1.54) is 23.0 Å². The van der Waals surface area contributed by atoms with Crippen molar-refractivity contribution in [3.05, 3.63) is 0 Å². The number of hydrogen-bond acceptors (Lipinski definition) is 8. The molecule has 144 valence electrons. The molecule has 4 nitrogen and oxygen atoms in total. The fraction of sp³-hybridized carbons (Fsp3) is 1.00. The molecule has 0 aliphatic carbocycles. The van der Waals surface area contributed by atoms with Crippen molar-refractivity contribution in [2.45, 2.75) is 39.6 Å². The zero-order valence-electron chi connectivity index (χ0n) is 14.6. The molecule has 8 heteroatoms. The predicted molar refractivity (Wildman–Crippen MR) is 110 cm³/mol. The van der Waals surface area contributed by atoms with Gasteiger partial charge in [-0.1, -0.05) is 0 Å². The standard InChI is InChI=1S/C17H28O4S4/c1(3-18-5-13-9-22-13)17(20-7-15-11-24-15,21-8-16-12-25-16)2-4-19-6-14-10-23-14/h13-16H,1-12H2. The molecule has 0 aromatic rings.